The fourth-order valence-corrected chi connectivity index (χ4v) is 2.16. The zero-order valence-electron chi connectivity index (χ0n) is 14.2. The number of nitrogens with zero attached hydrogens (tertiary/aromatic N) is 2. The summed E-state index contributed by atoms with van der Waals surface area (Å²) in [6.45, 7) is 9.16. The monoisotopic (exact) mass is 312 g/mol. The van der Waals surface area contributed by atoms with Crippen LogP contribution in [0.4, 0.5) is 11.6 Å². The van der Waals surface area contributed by atoms with Crippen LogP contribution < -0.4 is 10.6 Å². The summed E-state index contributed by atoms with van der Waals surface area (Å²) in [4.78, 5) is 20.6. The number of hydrogen-bond donors (Lipinski definition) is 2. The van der Waals surface area contributed by atoms with E-state index in [2.05, 4.69) is 34.4 Å². The van der Waals surface area contributed by atoms with Crippen LogP contribution in [0.25, 0.3) is 0 Å². The van der Waals surface area contributed by atoms with Crippen LogP contribution in [0.2, 0.25) is 0 Å². The highest BCUT2D eigenvalue weighted by molar-refractivity contribution is 6.04. The molecule has 23 heavy (non-hydrogen) atoms. The third-order valence-corrected chi connectivity index (χ3v) is 3.55. The lowest BCUT2D eigenvalue weighted by Gasteiger charge is -2.10. The summed E-state index contributed by atoms with van der Waals surface area (Å²) >= 11 is 0. The van der Waals surface area contributed by atoms with E-state index in [1.807, 2.05) is 32.0 Å². The Hall–Kier alpha value is -2.43. The minimum atomic E-state index is -0.203. The van der Waals surface area contributed by atoms with E-state index in [1.165, 1.54) is 5.56 Å². The molecule has 0 saturated heterocycles. The fraction of sp³-hybridized carbons (Fsp3) is 0.389. The Balaban J connectivity index is 1.97. The predicted molar refractivity (Wildman–Crippen MR) is 93.8 cm³/mol. The van der Waals surface area contributed by atoms with Gasteiger partial charge in [0, 0.05) is 24.6 Å². The van der Waals surface area contributed by atoms with Crippen molar-refractivity contribution >= 4 is 17.5 Å². The van der Waals surface area contributed by atoms with Crippen molar-refractivity contribution < 1.29 is 4.79 Å². The van der Waals surface area contributed by atoms with Gasteiger partial charge >= 0.3 is 0 Å². The van der Waals surface area contributed by atoms with E-state index in [4.69, 9.17) is 0 Å². The van der Waals surface area contributed by atoms with E-state index >= 15 is 0 Å². The second-order valence-corrected chi connectivity index (χ2v) is 6.18. The van der Waals surface area contributed by atoms with E-state index in [1.54, 1.807) is 12.4 Å². The molecule has 0 fully saturated rings. The van der Waals surface area contributed by atoms with Crippen LogP contribution in [-0.2, 0) is 0 Å². The highest BCUT2D eigenvalue weighted by Gasteiger charge is 2.09. The maximum absolute atomic E-state index is 12.3. The number of hydrogen-bond acceptors (Lipinski definition) is 4. The van der Waals surface area contributed by atoms with Gasteiger partial charge in [0.2, 0.25) is 5.95 Å². The van der Waals surface area contributed by atoms with E-state index in [-0.39, 0.29) is 5.91 Å². The first kappa shape index (κ1) is 16.9. The third-order valence-electron chi connectivity index (χ3n) is 3.55. The molecule has 122 valence electrons. The number of carbonyl (C=O) groups excluding carboxylic acids is 1. The molecule has 1 aromatic heterocycles. The molecule has 2 N–H and O–H groups in total. The van der Waals surface area contributed by atoms with Gasteiger partial charge in [-0.1, -0.05) is 31.5 Å². The maximum Gasteiger partial charge on any atom is 0.258 e. The molecule has 1 aromatic carbocycles. The molecule has 5 heteroatoms. The van der Waals surface area contributed by atoms with E-state index in [9.17, 15) is 4.79 Å². The Bertz CT molecular complexity index is 665. The first-order valence-electron chi connectivity index (χ1n) is 7.90. The normalized spacial score (nSPS) is 10.7. The molecule has 1 amide bonds. The number of anilines is 2. The largest absolute Gasteiger partial charge is 0.354 e. The first-order valence-corrected chi connectivity index (χ1v) is 7.90. The van der Waals surface area contributed by atoms with Crippen LogP contribution in [0.3, 0.4) is 0 Å². The van der Waals surface area contributed by atoms with Crippen molar-refractivity contribution in [2.45, 2.75) is 34.1 Å². The number of nitrogens with one attached hydrogen (secondary N) is 2. The molecular formula is C18H24N4O. The van der Waals surface area contributed by atoms with Gasteiger partial charge in [0.15, 0.2) is 0 Å². The lowest BCUT2D eigenvalue weighted by molar-refractivity contribution is 0.102. The van der Waals surface area contributed by atoms with Crippen LogP contribution in [0.5, 0.6) is 0 Å². The second-order valence-electron chi connectivity index (χ2n) is 6.18. The Morgan fingerprint density at radius 1 is 1.17 bits per heavy atom. The summed E-state index contributed by atoms with van der Waals surface area (Å²) < 4.78 is 0. The molecule has 1 heterocycles. The molecule has 0 saturated carbocycles. The molecule has 5 nitrogen and oxygen atoms in total. The standard InChI is InChI=1S/C18H24N4O/c1-12(2)7-8-19-18-20-10-15(11-21-18)17(23)22-16-6-5-13(3)9-14(16)4/h5-6,9-12H,7-8H2,1-4H3,(H,22,23)(H,19,20,21). The summed E-state index contributed by atoms with van der Waals surface area (Å²) in [5.74, 6) is 0.977. The molecule has 0 atom stereocenters. The highest BCUT2D eigenvalue weighted by atomic mass is 16.1. The molecule has 0 aliphatic rings. The number of aryl methyl sites for hydroxylation is 2. The van der Waals surface area contributed by atoms with Gasteiger partial charge in [0.1, 0.15) is 0 Å². The quantitative estimate of drug-likeness (QED) is 0.851. The number of amides is 1. The second kappa shape index (κ2) is 7.72. The van der Waals surface area contributed by atoms with Crippen LogP contribution >= 0.6 is 0 Å². The number of benzene rings is 1. The van der Waals surface area contributed by atoms with Gasteiger partial charge in [-0.05, 0) is 37.8 Å². The van der Waals surface area contributed by atoms with Crippen molar-refractivity contribution in [3.05, 3.63) is 47.3 Å². The van der Waals surface area contributed by atoms with E-state index < -0.39 is 0 Å². The van der Waals surface area contributed by atoms with E-state index in [0.717, 1.165) is 24.2 Å². The Morgan fingerprint density at radius 3 is 2.48 bits per heavy atom. The van der Waals surface area contributed by atoms with Crippen LogP contribution in [0.15, 0.2) is 30.6 Å². The average Bonchev–Trinajstić information content (AvgIpc) is 2.50. The Labute approximate surface area is 137 Å². The minimum absolute atomic E-state index is 0.203. The lowest BCUT2D eigenvalue weighted by Crippen LogP contribution is -2.14. The zero-order chi connectivity index (χ0) is 16.8. The molecule has 0 aliphatic heterocycles. The summed E-state index contributed by atoms with van der Waals surface area (Å²) in [5.41, 5.74) is 3.45. The maximum atomic E-state index is 12.3. The third kappa shape index (κ3) is 5.06. The number of aromatic nitrogens is 2. The van der Waals surface area contributed by atoms with Gasteiger partial charge < -0.3 is 10.6 Å². The van der Waals surface area contributed by atoms with Crippen molar-refractivity contribution in [3.8, 4) is 0 Å². The van der Waals surface area contributed by atoms with Crippen LogP contribution in [0, 0.1) is 19.8 Å². The molecule has 0 unspecified atom stereocenters. The van der Waals surface area contributed by atoms with Gasteiger partial charge in [-0.15, -0.1) is 0 Å². The summed E-state index contributed by atoms with van der Waals surface area (Å²) in [6.07, 6.45) is 4.14. The zero-order valence-corrected chi connectivity index (χ0v) is 14.2. The molecule has 0 aliphatic carbocycles. The molecule has 0 radical (unpaired) electrons. The molecule has 0 spiro atoms. The predicted octanol–water partition coefficient (Wildman–Crippen LogP) is 3.80. The fourth-order valence-electron chi connectivity index (χ4n) is 2.16. The molecule has 2 aromatic rings. The number of rotatable bonds is 6. The summed E-state index contributed by atoms with van der Waals surface area (Å²) in [5, 5.41) is 6.05. The van der Waals surface area contributed by atoms with Crippen molar-refractivity contribution in [3.63, 3.8) is 0 Å². The highest BCUT2D eigenvalue weighted by Crippen LogP contribution is 2.17. The summed E-state index contributed by atoms with van der Waals surface area (Å²) in [7, 11) is 0. The van der Waals surface area contributed by atoms with Crippen LogP contribution in [0.1, 0.15) is 41.8 Å². The molecule has 2 rings (SSSR count). The smallest absolute Gasteiger partial charge is 0.258 e. The van der Waals surface area contributed by atoms with Crippen molar-refractivity contribution in [2.24, 2.45) is 5.92 Å². The van der Waals surface area contributed by atoms with Crippen molar-refractivity contribution in [1.29, 1.82) is 0 Å². The molecule has 0 bridgehead atoms. The summed E-state index contributed by atoms with van der Waals surface area (Å²) in [6, 6.07) is 5.92. The molecular weight excluding hydrogens is 288 g/mol. The van der Waals surface area contributed by atoms with Crippen LogP contribution in [-0.4, -0.2) is 22.4 Å². The van der Waals surface area contributed by atoms with Crippen molar-refractivity contribution in [1.82, 2.24) is 9.97 Å². The average molecular weight is 312 g/mol. The van der Waals surface area contributed by atoms with Crippen molar-refractivity contribution in [2.75, 3.05) is 17.2 Å². The topological polar surface area (TPSA) is 66.9 Å². The van der Waals surface area contributed by atoms with Gasteiger partial charge in [-0.3, -0.25) is 4.79 Å². The first-order chi connectivity index (χ1) is 11.0. The van der Waals surface area contributed by atoms with E-state index in [0.29, 0.717) is 17.4 Å². The SMILES string of the molecule is Cc1ccc(NC(=O)c2cnc(NCCC(C)C)nc2)c(C)c1. The lowest BCUT2D eigenvalue weighted by atomic mass is 10.1. The minimum Gasteiger partial charge on any atom is -0.354 e. The number of carbonyl (C=O) groups is 1. The van der Waals surface area contributed by atoms with Gasteiger partial charge in [-0.25, -0.2) is 9.97 Å². The van der Waals surface area contributed by atoms with Gasteiger partial charge in [0.25, 0.3) is 5.91 Å². The van der Waals surface area contributed by atoms with Gasteiger partial charge in [-0.2, -0.15) is 0 Å². The Kier molecular flexibility index (Phi) is 5.68. The van der Waals surface area contributed by atoms with Gasteiger partial charge in [0.05, 0.1) is 5.56 Å². The Morgan fingerprint density at radius 2 is 1.87 bits per heavy atom.